The lowest BCUT2D eigenvalue weighted by molar-refractivity contribution is 0.0833. The second kappa shape index (κ2) is 6.45. The monoisotopic (exact) mass is 306 g/mol. The number of hydrogen-bond donors (Lipinski definition) is 2. The summed E-state index contributed by atoms with van der Waals surface area (Å²) >= 11 is 1.35. The van der Waals surface area contributed by atoms with Gasteiger partial charge in [-0.1, -0.05) is 6.07 Å². The average Bonchev–Trinajstić information content (AvgIpc) is 2.85. The van der Waals surface area contributed by atoms with Crippen LogP contribution in [-0.4, -0.2) is 37.0 Å². The molecule has 0 atom stereocenters. The minimum Gasteiger partial charge on any atom is -0.481 e. The summed E-state index contributed by atoms with van der Waals surface area (Å²) in [4.78, 5) is 18.1. The molecule has 2 heterocycles. The number of carbonyl (C=O) groups is 1. The highest BCUT2D eigenvalue weighted by atomic mass is 32.1. The van der Waals surface area contributed by atoms with Crippen LogP contribution >= 0.6 is 11.3 Å². The SMILES string of the molecule is COc1ccc(CNc2cc(N)c(C(=O)N(C)C)s2)cn1. The zero-order chi connectivity index (χ0) is 15.4. The summed E-state index contributed by atoms with van der Waals surface area (Å²) < 4.78 is 5.01. The molecule has 3 N–H and O–H groups in total. The maximum absolute atomic E-state index is 11.9. The Labute approximate surface area is 127 Å². The number of nitrogen functional groups attached to an aromatic ring is 1. The van der Waals surface area contributed by atoms with Crippen molar-refractivity contribution in [1.82, 2.24) is 9.88 Å². The molecule has 0 aliphatic carbocycles. The van der Waals surface area contributed by atoms with E-state index in [1.165, 1.54) is 16.2 Å². The Hall–Kier alpha value is -2.28. The molecule has 0 spiro atoms. The summed E-state index contributed by atoms with van der Waals surface area (Å²) in [7, 11) is 4.99. The first-order valence-corrected chi connectivity index (χ1v) is 7.16. The molecular weight excluding hydrogens is 288 g/mol. The molecule has 0 radical (unpaired) electrons. The van der Waals surface area contributed by atoms with Crippen molar-refractivity contribution in [3.05, 3.63) is 34.8 Å². The van der Waals surface area contributed by atoms with Crippen LogP contribution in [0.1, 0.15) is 15.2 Å². The van der Waals surface area contributed by atoms with Gasteiger partial charge in [0.2, 0.25) is 5.88 Å². The fraction of sp³-hybridized carbons (Fsp3) is 0.286. The number of nitrogens with one attached hydrogen (secondary N) is 1. The van der Waals surface area contributed by atoms with Crippen LogP contribution in [0.15, 0.2) is 24.4 Å². The van der Waals surface area contributed by atoms with Gasteiger partial charge in [0, 0.05) is 32.9 Å². The first-order valence-electron chi connectivity index (χ1n) is 6.35. The molecule has 0 bridgehead atoms. The van der Waals surface area contributed by atoms with E-state index in [0.29, 0.717) is 23.0 Å². The Balaban J connectivity index is 2.03. The lowest BCUT2D eigenvalue weighted by Gasteiger charge is -2.08. The maximum atomic E-state index is 11.9. The lowest BCUT2D eigenvalue weighted by Crippen LogP contribution is -2.21. The number of carbonyl (C=O) groups excluding carboxylic acids is 1. The van der Waals surface area contributed by atoms with Crippen molar-refractivity contribution in [3.63, 3.8) is 0 Å². The van der Waals surface area contributed by atoms with E-state index in [1.807, 2.05) is 6.07 Å². The van der Waals surface area contributed by atoms with E-state index < -0.39 is 0 Å². The van der Waals surface area contributed by atoms with E-state index in [1.54, 1.807) is 39.5 Å². The first kappa shape index (κ1) is 15.1. The van der Waals surface area contributed by atoms with Crippen LogP contribution in [-0.2, 0) is 6.54 Å². The van der Waals surface area contributed by atoms with Gasteiger partial charge in [-0.3, -0.25) is 4.79 Å². The Morgan fingerprint density at radius 2 is 2.24 bits per heavy atom. The number of nitrogens with zero attached hydrogens (tertiary/aromatic N) is 2. The van der Waals surface area contributed by atoms with Crippen LogP contribution in [0.3, 0.4) is 0 Å². The molecule has 7 heteroatoms. The molecule has 0 fully saturated rings. The van der Waals surface area contributed by atoms with Gasteiger partial charge < -0.3 is 20.7 Å². The van der Waals surface area contributed by atoms with E-state index >= 15 is 0 Å². The van der Waals surface area contributed by atoms with Crippen molar-refractivity contribution >= 4 is 27.9 Å². The number of pyridine rings is 1. The topological polar surface area (TPSA) is 80.5 Å². The van der Waals surface area contributed by atoms with Crippen LogP contribution in [0.4, 0.5) is 10.7 Å². The minimum atomic E-state index is -0.0864. The maximum Gasteiger partial charge on any atom is 0.265 e. The number of rotatable bonds is 5. The summed E-state index contributed by atoms with van der Waals surface area (Å²) in [5.41, 5.74) is 7.39. The number of amides is 1. The standard InChI is InChI=1S/C14H18N4O2S/c1-18(2)14(19)13-10(15)6-12(21-13)17-8-9-4-5-11(20-3)16-7-9/h4-7,17H,8,15H2,1-3H3. The molecule has 6 nitrogen and oxygen atoms in total. The number of ether oxygens (including phenoxy) is 1. The van der Waals surface area contributed by atoms with Crippen LogP contribution in [0.25, 0.3) is 0 Å². The summed E-state index contributed by atoms with van der Waals surface area (Å²) in [5, 5.41) is 4.10. The Kier molecular flexibility index (Phi) is 4.64. The van der Waals surface area contributed by atoms with Gasteiger partial charge in [0.05, 0.1) is 17.8 Å². The summed E-state index contributed by atoms with van der Waals surface area (Å²) in [6.07, 6.45) is 1.74. The summed E-state index contributed by atoms with van der Waals surface area (Å²) in [5.74, 6) is 0.495. The quantitative estimate of drug-likeness (QED) is 0.883. The molecule has 0 saturated carbocycles. The highest BCUT2D eigenvalue weighted by Gasteiger charge is 2.15. The van der Waals surface area contributed by atoms with Crippen molar-refractivity contribution in [1.29, 1.82) is 0 Å². The smallest absolute Gasteiger partial charge is 0.265 e. The molecule has 0 saturated heterocycles. The molecule has 2 aromatic heterocycles. The van der Waals surface area contributed by atoms with Crippen LogP contribution < -0.4 is 15.8 Å². The first-order chi connectivity index (χ1) is 10.0. The molecule has 0 unspecified atom stereocenters. The third-order valence-corrected chi connectivity index (χ3v) is 3.93. The highest BCUT2D eigenvalue weighted by molar-refractivity contribution is 7.18. The normalized spacial score (nSPS) is 10.2. The zero-order valence-corrected chi connectivity index (χ0v) is 13.0. The molecule has 1 amide bonds. The molecule has 2 aromatic rings. The van der Waals surface area contributed by atoms with E-state index in [0.717, 1.165) is 10.6 Å². The Bertz CT molecular complexity index is 622. The fourth-order valence-corrected chi connectivity index (χ4v) is 2.68. The van der Waals surface area contributed by atoms with Gasteiger partial charge in [0.15, 0.2) is 0 Å². The number of nitrogens with two attached hydrogens (primary N) is 1. The number of methoxy groups -OCH3 is 1. The van der Waals surface area contributed by atoms with E-state index in [2.05, 4.69) is 10.3 Å². The third-order valence-electron chi connectivity index (χ3n) is 2.83. The predicted molar refractivity (Wildman–Crippen MR) is 84.9 cm³/mol. The fourth-order valence-electron chi connectivity index (χ4n) is 1.69. The van der Waals surface area contributed by atoms with E-state index in [9.17, 15) is 4.79 Å². The van der Waals surface area contributed by atoms with Gasteiger partial charge in [-0.2, -0.15) is 0 Å². The Morgan fingerprint density at radius 1 is 1.48 bits per heavy atom. The van der Waals surface area contributed by atoms with E-state index in [-0.39, 0.29) is 5.91 Å². The third kappa shape index (κ3) is 3.63. The van der Waals surface area contributed by atoms with Crippen LogP contribution in [0, 0.1) is 0 Å². The molecular formula is C14H18N4O2S. The zero-order valence-electron chi connectivity index (χ0n) is 12.2. The molecule has 0 aromatic carbocycles. The molecule has 0 aliphatic heterocycles. The van der Waals surface area contributed by atoms with Crippen molar-refractivity contribution < 1.29 is 9.53 Å². The van der Waals surface area contributed by atoms with Gasteiger partial charge in [0.1, 0.15) is 4.88 Å². The number of thiophene rings is 1. The minimum absolute atomic E-state index is 0.0864. The second-order valence-electron chi connectivity index (χ2n) is 4.66. The van der Waals surface area contributed by atoms with Gasteiger partial charge in [0.25, 0.3) is 5.91 Å². The molecule has 112 valence electrons. The lowest BCUT2D eigenvalue weighted by atomic mass is 10.3. The van der Waals surface area contributed by atoms with E-state index in [4.69, 9.17) is 10.5 Å². The second-order valence-corrected chi connectivity index (χ2v) is 5.71. The molecule has 0 aliphatic rings. The van der Waals surface area contributed by atoms with Crippen molar-refractivity contribution in [3.8, 4) is 5.88 Å². The largest absolute Gasteiger partial charge is 0.481 e. The van der Waals surface area contributed by atoms with Crippen molar-refractivity contribution in [2.24, 2.45) is 0 Å². The Morgan fingerprint density at radius 3 is 2.81 bits per heavy atom. The summed E-state index contributed by atoms with van der Waals surface area (Å²) in [6.45, 7) is 0.604. The summed E-state index contributed by atoms with van der Waals surface area (Å²) in [6, 6.07) is 5.51. The highest BCUT2D eigenvalue weighted by Crippen LogP contribution is 2.30. The predicted octanol–water partition coefficient (Wildman–Crippen LogP) is 2.05. The van der Waals surface area contributed by atoms with Gasteiger partial charge in [-0.15, -0.1) is 11.3 Å². The van der Waals surface area contributed by atoms with Crippen molar-refractivity contribution in [2.45, 2.75) is 6.54 Å². The van der Waals surface area contributed by atoms with Gasteiger partial charge >= 0.3 is 0 Å². The van der Waals surface area contributed by atoms with Crippen molar-refractivity contribution in [2.75, 3.05) is 32.3 Å². The number of anilines is 2. The molecule has 2 rings (SSSR count). The number of hydrogen-bond acceptors (Lipinski definition) is 6. The van der Waals surface area contributed by atoms with Crippen LogP contribution in [0.2, 0.25) is 0 Å². The average molecular weight is 306 g/mol. The number of aromatic nitrogens is 1. The molecule has 21 heavy (non-hydrogen) atoms. The van der Waals surface area contributed by atoms with Crippen LogP contribution in [0.5, 0.6) is 5.88 Å². The van der Waals surface area contributed by atoms with Gasteiger partial charge in [-0.05, 0) is 11.6 Å². The van der Waals surface area contributed by atoms with Gasteiger partial charge in [-0.25, -0.2) is 4.98 Å².